The first kappa shape index (κ1) is 15.8. The lowest BCUT2D eigenvalue weighted by molar-refractivity contribution is -0.121. The molecule has 116 valence electrons. The van der Waals surface area contributed by atoms with Gasteiger partial charge in [-0.15, -0.1) is 0 Å². The lowest BCUT2D eigenvalue weighted by Crippen LogP contribution is -2.36. The Morgan fingerprint density at radius 2 is 2.24 bits per heavy atom. The first-order chi connectivity index (χ1) is 10.3. The average Bonchev–Trinajstić information content (AvgIpc) is 2.54. The molecular formula is C16H25N3O2. The van der Waals surface area contributed by atoms with E-state index in [0.29, 0.717) is 6.42 Å². The van der Waals surface area contributed by atoms with E-state index in [9.17, 15) is 4.79 Å². The number of amides is 1. The molecule has 1 fully saturated rings. The summed E-state index contributed by atoms with van der Waals surface area (Å²) < 4.78 is 5.35. The number of hydrogen-bond donors (Lipinski definition) is 1. The number of nitrogens with zero attached hydrogens (tertiary/aromatic N) is 2. The van der Waals surface area contributed by atoms with Gasteiger partial charge in [0.05, 0.1) is 13.2 Å². The summed E-state index contributed by atoms with van der Waals surface area (Å²) >= 11 is 0. The molecule has 1 aromatic rings. The van der Waals surface area contributed by atoms with Gasteiger partial charge in [-0.2, -0.15) is 0 Å². The van der Waals surface area contributed by atoms with Gasteiger partial charge in [0.2, 0.25) is 5.91 Å². The summed E-state index contributed by atoms with van der Waals surface area (Å²) in [7, 11) is 0. The van der Waals surface area contributed by atoms with Crippen molar-refractivity contribution in [2.24, 2.45) is 0 Å². The summed E-state index contributed by atoms with van der Waals surface area (Å²) in [5.74, 6) is 1.12. The van der Waals surface area contributed by atoms with Gasteiger partial charge in [-0.3, -0.25) is 4.79 Å². The van der Waals surface area contributed by atoms with Gasteiger partial charge >= 0.3 is 0 Å². The molecule has 21 heavy (non-hydrogen) atoms. The number of carbonyl (C=O) groups excluding carboxylic acids is 1. The van der Waals surface area contributed by atoms with E-state index in [1.807, 2.05) is 12.3 Å². The van der Waals surface area contributed by atoms with Gasteiger partial charge in [0.1, 0.15) is 5.82 Å². The van der Waals surface area contributed by atoms with Crippen LogP contribution < -0.4 is 10.2 Å². The van der Waals surface area contributed by atoms with Gasteiger partial charge in [-0.1, -0.05) is 13.3 Å². The second-order valence-electron chi connectivity index (χ2n) is 5.33. The maximum atomic E-state index is 11.7. The number of nitrogens with one attached hydrogen (secondary N) is 1. The Morgan fingerprint density at radius 1 is 1.43 bits per heavy atom. The lowest BCUT2D eigenvalue weighted by atomic mass is 10.1. The van der Waals surface area contributed by atoms with E-state index in [1.165, 1.54) is 0 Å². The van der Waals surface area contributed by atoms with Crippen molar-refractivity contribution >= 4 is 11.7 Å². The van der Waals surface area contributed by atoms with E-state index in [1.54, 1.807) is 0 Å². The molecular weight excluding hydrogens is 266 g/mol. The van der Waals surface area contributed by atoms with Crippen molar-refractivity contribution in [2.45, 2.75) is 32.6 Å². The molecule has 5 nitrogen and oxygen atoms in total. The predicted molar refractivity (Wildman–Crippen MR) is 83.5 cm³/mol. The summed E-state index contributed by atoms with van der Waals surface area (Å²) in [4.78, 5) is 18.4. The van der Waals surface area contributed by atoms with Crippen molar-refractivity contribution in [3.8, 4) is 0 Å². The van der Waals surface area contributed by atoms with Crippen LogP contribution in [0.1, 0.15) is 31.7 Å². The predicted octanol–water partition coefficient (Wildman–Crippen LogP) is 1.77. The monoisotopic (exact) mass is 291 g/mol. The van der Waals surface area contributed by atoms with E-state index in [2.05, 4.69) is 28.2 Å². The largest absolute Gasteiger partial charge is 0.378 e. The highest BCUT2D eigenvalue weighted by atomic mass is 16.5. The Hall–Kier alpha value is -1.62. The molecule has 0 radical (unpaired) electrons. The number of aryl methyl sites for hydroxylation is 1. The Kier molecular flexibility index (Phi) is 6.47. The molecule has 0 aliphatic carbocycles. The quantitative estimate of drug-likeness (QED) is 0.778. The highest BCUT2D eigenvalue weighted by Crippen LogP contribution is 2.15. The smallest absolute Gasteiger partial charge is 0.220 e. The van der Waals surface area contributed by atoms with E-state index in [-0.39, 0.29) is 5.91 Å². The molecule has 2 heterocycles. The number of unbranched alkanes of at least 4 members (excludes halogenated alkanes) is 1. The molecule has 1 aliphatic rings. The highest BCUT2D eigenvalue weighted by Gasteiger charge is 2.12. The van der Waals surface area contributed by atoms with Crippen LogP contribution >= 0.6 is 0 Å². The summed E-state index contributed by atoms with van der Waals surface area (Å²) in [6.07, 6.45) is 5.28. The molecule has 1 N–H and O–H groups in total. The maximum absolute atomic E-state index is 11.7. The minimum Gasteiger partial charge on any atom is -0.378 e. The van der Waals surface area contributed by atoms with Crippen LogP contribution in [-0.2, 0) is 16.0 Å². The van der Waals surface area contributed by atoms with Crippen LogP contribution in [0.25, 0.3) is 0 Å². The normalized spacial score (nSPS) is 15.0. The Morgan fingerprint density at radius 3 is 3.00 bits per heavy atom. The third-order valence-electron chi connectivity index (χ3n) is 3.64. The van der Waals surface area contributed by atoms with Crippen molar-refractivity contribution in [1.29, 1.82) is 0 Å². The standard InChI is InChI=1S/C16H25N3O2/c1-2-3-7-18-16(20)5-4-14-6-8-17-15(13-14)19-9-11-21-12-10-19/h6,8,13H,2-5,7,9-12H2,1H3,(H,18,20). The van der Waals surface area contributed by atoms with Crippen LogP contribution in [0.4, 0.5) is 5.82 Å². The van der Waals surface area contributed by atoms with E-state index >= 15 is 0 Å². The number of aromatic nitrogens is 1. The van der Waals surface area contributed by atoms with Gasteiger partial charge in [0, 0.05) is 32.3 Å². The zero-order valence-corrected chi connectivity index (χ0v) is 12.8. The van der Waals surface area contributed by atoms with Crippen molar-refractivity contribution in [3.05, 3.63) is 23.9 Å². The van der Waals surface area contributed by atoms with Gasteiger partial charge in [-0.05, 0) is 30.5 Å². The Bertz CT molecular complexity index is 445. The number of rotatable bonds is 7. The fraction of sp³-hybridized carbons (Fsp3) is 0.625. The number of carbonyl (C=O) groups is 1. The second kappa shape index (κ2) is 8.62. The van der Waals surface area contributed by atoms with Crippen LogP contribution in [-0.4, -0.2) is 43.7 Å². The third-order valence-corrected chi connectivity index (χ3v) is 3.64. The molecule has 1 amide bonds. The number of pyridine rings is 1. The lowest BCUT2D eigenvalue weighted by Gasteiger charge is -2.28. The molecule has 0 aromatic carbocycles. The van der Waals surface area contributed by atoms with Crippen molar-refractivity contribution in [3.63, 3.8) is 0 Å². The van der Waals surface area contributed by atoms with Gasteiger partial charge < -0.3 is 15.0 Å². The van der Waals surface area contributed by atoms with E-state index in [0.717, 1.165) is 63.5 Å². The molecule has 1 aliphatic heterocycles. The van der Waals surface area contributed by atoms with Gasteiger partial charge in [0.15, 0.2) is 0 Å². The molecule has 0 bridgehead atoms. The van der Waals surface area contributed by atoms with Crippen LogP contribution in [0.2, 0.25) is 0 Å². The van der Waals surface area contributed by atoms with Crippen LogP contribution in [0, 0.1) is 0 Å². The summed E-state index contributed by atoms with van der Waals surface area (Å²) in [5, 5.41) is 2.95. The molecule has 1 saturated heterocycles. The highest BCUT2D eigenvalue weighted by molar-refractivity contribution is 5.76. The second-order valence-corrected chi connectivity index (χ2v) is 5.33. The Balaban J connectivity index is 1.81. The molecule has 0 atom stereocenters. The maximum Gasteiger partial charge on any atom is 0.220 e. The zero-order valence-electron chi connectivity index (χ0n) is 12.8. The summed E-state index contributed by atoms with van der Waals surface area (Å²) in [6.45, 7) is 6.18. The number of ether oxygens (including phenoxy) is 1. The fourth-order valence-electron chi connectivity index (χ4n) is 2.33. The summed E-state index contributed by atoms with van der Waals surface area (Å²) in [6, 6.07) is 4.08. The number of anilines is 1. The first-order valence-electron chi connectivity index (χ1n) is 7.84. The minimum absolute atomic E-state index is 0.133. The summed E-state index contributed by atoms with van der Waals surface area (Å²) in [5.41, 5.74) is 1.16. The average molecular weight is 291 g/mol. The topological polar surface area (TPSA) is 54.5 Å². The van der Waals surface area contributed by atoms with Crippen LogP contribution in [0.3, 0.4) is 0 Å². The Labute approximate surface area is 126 Å². The molecule has 0 saturated carbocycles. The van der Waals surface area contributed by atoms with Crippen LogP contribution in [0.5, 0.6) is 0 Å². The SMILES string of the molecule is CCCCNC(=O)CCc1ccnc(N2CCOCC2)c1. The molecule has 1 aromatic heterocycles. The van der Waals surface area contributed by atoms with Crippen LogP contribution in [0.15, 0.2) is 18.3 Å². The van der Waals surface area contributed by atoms with E-state index in [4.69, 9.17) is 4.74 Å². The van der Waals surface area contributed by atoms with Crippen molar-refractivity contribution in [2.75, 3.05) is 37.7 Å². The van der Waals surface area contributed by atoms with Crippen molar-refractivity contribution < 1.29 is 9.53 Å². The molecule has 0 spiro atoms. The third kappa shape index (κ3) is 5.34. The first-order valence-corrected chi connectivity index (χ1v) is 7.84. The molecule has 0 unspecified atom stereocenters. The zero-order chi connectivity index (χ0) is 14.9. The number of hydrogen-bond acceptors (Lipinski definition) is 4. The fourth-order valence-corrected chi connectivity index (χ4v) is 2.33. The van der Waals surface area contributed by atoms with Crippen molar-refractivity contribution in [1.82, 2.24) is 10.3 Å². The van der Waals surface area contributed by atoms with Gasteiger partial charge in [0.25, 0.3) is 0 Å². The van der Waals surface area contributed by atoms with E-state index < -0.39 is 0 Å². The number of morpholine rings is 1. The molecule has 2 rings (SSSR count). The minimum atomic E-state index is 0.133. The van der Waals surface area contributed by atoms with Gasteiger partial charge in [-0.25, -0.2) is 4.98 Å². The molecule has 5 heteroatoms.